The first-order chi connectivity index (χ1) is 9.67. The zero-order valence-corrected chi connectivity index (χ0v) is 13.1. The fraction of sp³-hybridized carbons (Fsp3) is 0.647. The molecule has 1 aliphatic heterocycles. The highest BCUT2D eigenvalue weighted by Crippen LogP contribution is 2.15. The fourth-order valence-corrected chi connectivity index (χ4v) is 2.82. The monoisotopic (exact) mass is 276 g/mol. The van der Waals surface area contributed by atoms with Gasteiger partial charge in [0.25, 0.3) is 0 Å². The molecule has 1 aromatic rings. The number of nitrogens with zero attached hydrogens (tertiary/aromatic N) is 1. The standard InChI is InChI=1S/C17H28N2O/c1-14(12-15-4-6-17(20-3)7-5-15)13-18-16-8-10-19(2)11-9-16/h4-7,14,16,18H,8-13H2,1-3H3. The summed E-state index contributed by atoms with van der Waals surface area (Å²) in [6.07, 6.45) is 3.70. The summed E-state index contributed by atoms with van der Waals surface area (Å²) in [6.45, 7) is 5.89. The largest absolute Gasteiger partial charge is 0.497 e. The lowest BCUT2D eigenvalue weighted by molar-refractivity contribution is 0.230. The van der Waals surface area contributed by atoms with Crippen LogP contribution >= 0.6 is 0 Å². The van der Waals surface area contributed by atoms with Crippen LogP contribution in [0.2, 0.25) is 0 Å². The van der Waals surface area contributed by atoms with E-state index >= 15 is 0 Å². The number of hydrogen-bond donors (Lipinski definition) is 1. The molecule has 1 heterocycles. The summed E-state index contributed by atoms with van der Waals surface area (Å²) in [6, 6.07) is 9.15. The maximum atomic E-state index is 5.19. The number of nitrogens with one attached hydrogen (secondary N) is 1. The van der Waals surface area contributed by atoms with Gasteiger partial charge >= 0.3 is 0 Å². The number of benzene rings is 1. The van der Waals surface area contributed by atoms with Crippen LogP contribution in [0.4, 0.5) is 0 Å². The van der Waals surface area contributed by atoms with Crippen LogP contribution in [-0.2, 0) is 6.42 Å². The molecule has 0 saturated carbocycles. The van der Waals surface area contributed by atoms with Crippen molar-refractivity contribution >= 4 is 0 Å². The molecule has 1 saturated heterocycles. The SMILES string of the molecule is COc1ccc(CC(C)CNC2CCN(C)CC2)cc1. The van der Waals surface area contributed by atoms with E-state index in [0.29, 0.717) is 12.0 Å². The molecule has 1 atom stereocenters. The fourth-order valence-electron chi connectivity index (χ4n) is 2.82. The van der Waals surface area contributed by atoms with Gasteiger partial charge in [0.15, 0.2) is 0 Å². The maximum Gasteiger partial charge on any atom is 0.118 e. The maximum absolute atomic E-state index is 5.19. The van der Waals surface area contributed by atoms with Crippen molar-refractivity contribution in [2.75, 3.05) is 33.8 Å². The molecule has 1 aromatic carbocycles. The van der Waals surface area contributed by atoms with Crippen molar-refractivity contribution in [2.24, 2.45) is 5.92 Å². The summed E-state index contributed by atoms with van der Waals surface area (Å²) in [4.78, 5) is 2.42. The number of likely N-dealkylation sites (tertiary alicyclic amines) is 1. The van der Waals surface area contributed by atoms with E-state index in [4.69, 9.17) is 4.74 Å². The molecule has 0 bridgehead atoms. The first-order valence-corrected chi connectivity index (χ1v) is 7.72. The molecule has 0 aromatic heterocycles. The van der Waals surface area contributed by atoms with Crippen LogP contribution in [0.1, 0.15) is 25.3 Å². The molecule has 112 valence electrons. The van der Waals surface area contributed by atoms with E-state index in [9.17, 15) is 0 Å². The minimum absolute atomic E-state index is 0.669. The average molecular weight is 276 g/mol. The van der Waals surface area contributed by atoms with Gasteiger partial charge in [0.05, 0.1) is 7.11 Å². The molecule has 0 aliphatic carbocycles. The zero-order chi connectivity index (χ0) is 14.4. The van der Waals surface area contributed by atoms with Crippen LogP contribution in [0.5, 0.6) is 5.75 Å². The van der Waals surface area contributed by atoms with Crippen molar-refractivity contribution in [3.8, 4) is 5.75 Å². The quantitative estimate of drug-likeness (QED) is 0.864. The molecule has 0 amide bonds. The Bertz CT molecular complexity index is 382. The van der Waals surface area contributed by atoms with Gasteiger partial charge in [-0.3, -0.25) is 0 Å². The number of ether oxygens (including phenoxy) is 1. The van der Waals surface area contributed by atoms with Gasteiger partial charge in [-0.1, -0.05) is 19.1 Å². The third-order valence-corrected chi connectivity index (χ3v) is 4.22. The van der Waals surface area contributed by atoms with Crippen molar-refractivity contribution in [1.29, 1.82) is 0 Å². The van der Waals surface area contributed by atoms with Crippen LogP contribution in [-0.4, -0.2) is 44.7 Å². The summed E-state index contributed by atoms with van der Waals surface area (Å²) in [5.41, 5.74) is 1.39. The van der Waals surface area contributed by atoms with Gasteiger partial charge in [-0.2, -0.15) is 0 Å². The van der Waals surface area contributed by atoms with Gasteiger partial charge in [0.1, 0.15) is 5.75 Å². The highest BCUT2D eigenvalue weighted by atomic mass is 16.5. The second-order valence-electron chi connectivity index (χ2n) is 6.14. The van der Waals surface area contributed by atoms with Crippen LogP contribution < -0.4 is 10.1 Å². The molecule has 20 heavy (non-hydrogen) atoms. The molecule has 2 rings (SSSR count). The highest BCUT2D eigenvalue weighted by molar-refractivity contribution is 5.27. The Morgan fingerprint density at radius 1 is 1.25 bits per heavy atom. The second kappa shape index (κ2) is 7.65. The van der Waals surface area contributed by atoms with Crippen molar-refractivity contribution in [1.82, 2.24) is 10.2 Å². The topological polar surface area (TPSA) is 24.5 Å². The summed E-state index contributed by atoms with van der Waals surface area (Å²) in [5, 5.41) is 3.73. The first kappa shape index (κ1) is 15.3. The predicted molar refractivity (Wildman–Crippen MR) is 84.4 cm³/mol. The summed E-state index contributed by atoms with van der Waals surface area (Å²) < 4.78 is 5.19. The van der Waals surface area contributed by atoms with E-state index in [1.54, 1.807) is 7.11 Å². The second-order valence-corrected chi connectivity index (χ2v) is 6.14. The van der Waals surface area contributed by atoms with Gasteiger partial charge in [0, 0.05) is 6.04 Å². The van der Waals surface area contributed by atoms with E-state index in [0.717, 1.165) is 18.7 Å². The smallest absolute Gasteiger partial charge is 0.118 e. The number of piperidine rings is 1. The minimum Gasteiger partial charge on any atom is -0.497 e. The molecule has 3 heteroatoms. The van der Waals surface area contributed by atoms with Crippen LogP contribution in [0, 0.1) is 5.92 Å². The third-order valence-electron chi connectivity index (χ3n) is 4.22. The van der Waals surface area contributed by atoms with E-state index in [-0.39, 0.29) is 0 Å². The molecular formula is C17H28N2O. The van der Waals surface area contributed by atoms with Crippen LogP contribution in [0.25, 0.3) is 0 Å². The Hall–Kier alpha value is -1.06. The Morgan fingerprint density at radius 2 is 1.90 bits per heavy atom. The molecule has 1 fully saturated rings. The summed E-state index contributed by atoms with van der Waals surface area (Å²) in [5.74, 6) is 1.61. The average Bonchev–Trinajstić information content (AvgIpc) is 2.47. The van der Waals surface area contributed by atoms with Gasteiger partial charge in [0.2, 0.25) is 0 Å². The first-order valence-electron chi connectivity index (χ1n) is 7.72. The molecular weight excluding hydrogens is 248 g/mol. The number of methoxy groups -OCH3 is 1. The lowest BCUT2D eigenvalue weighted by atomic mass is 9.99. The molecule has 1 unspecified atom stereocenters. The third kappa shape index (κ3) is 4.80. The molecule has 1 N–H and O–H groups in total. The van der Waals surface area contributed by atoms with E-state index in [1.165, 1.54) is 31.5 Å². The number of rotatable bonds is 6. The van der Waals surface area contributed by atoms with E-state index in [1.807, 2.05) is 12.1 Å². The zero-order valence-electron chi connectivity index (χ0n) is 13.1. The van der Waals surface area contributed by atoms with Crippen molar-refractivity contribution in [2.45, 2.75) is 32.2 Å². The molecule has 3 nitrogen and oxygen atoms in total. The Kier molecular flexibility index (Phi) is 5.86. The van der Waals surface area contributed by atoms with Crippen LogP contribution in [0.15, 0.2) is 24.3 Å². The summed E-state index contributed by atoms with van der Waals surface area (Å²) >= 11 is 0. The Labute approximate surface area is 123 Å². The van der Waals surface area contributed by atoms with Crippen molar-refractivity contribution in [3.63, 3.8) is 0 Å². The predicted octanol–water partition coefficient (Wildman–Crippen LogP) is 2.56. The van der Waals surface area contributed by atoms with Gasteiger partial charge in [-0.25, -0.2) is 0 Å². The highest BCUT2D eigenvalue weighted by Gasteiger charge is 2.16. The van der Waals surface area contributed by atoms with E-state index in [2.05, 4.69) is 36.3 Å². The van der Waals surface area contributed by atoms with Gasteiger partial charge < -0.3 is 15.0 Å². The van der Waals surface area contributed by atoms with Crippen molar-refractivity contribution < 1.29 is 4.74 Å². The summed E-state index contributed by atoms with van der Waals surface area (Å²) in [7, 11) is 3.92. The Morgan fingerprint density at radius 3 is 2.50 bits per heavy atom. The van der Waals surface area contributed by atoms with E-state index < -0.39 is 0 Å². The lowest BCUT2D eigenvalue weighted by Crippen LogP contribution is -2.42. The van der Waals surface area contributed by atoms with Crippen LogP contribution in [0.3, 0.4) is 0 Å². The molecule has 0 radical (unpaired) electrons. The minimum atomic E-state index is 0.669. The van der Waals surface area contributed by atoms with Crippen molar-refractivity contribution in [3.05, 3.63) is 29.8 Å². The lowest BCUT2D eigenvalue weighted by Gasteiger charge is -2.30. The van der Waals surface area contributed by atoms with Gasteiger partial charge in [-0.15, -0.1) is 0 Å². The number of hydrogen-bond acceptors (Lipinski definition) is 3. The molecule has 1 aliphatic rings. The molecule has 0 spiro atoms. The van der Waals surface area contributed by atoms with Gasteiger partial charge in [-0.05, 0) is 69.6 Å². The Balaban J connectivity index is 1.70. The normalized spacial score (nSPS) is 18.9.